The minimum absolute atomic E-state index is 0.0263. The highest BCUT2D eigenvalue weighted by Gasteiger charge is 2.36. The van der Waals surface area contributed by atoms with Crippen molar-refractivity contribution >= 4 is 39.1 Å². The SMILES string of the molecule is COCP(=O)(I)NC(C)(C)C(=O)OCOC(=O)OC(C)C. The molecule has 0 bridgehead atoms. The number of rotatable bonds is 8. The Labute approximate surface area is 137 Å². The second-order valence-electron chi connectivity index (χ2n) is 4.92. The fourth-order valence-corrected chi connectivity index (χ4v) is 5.17. The molecular formula is C11H21INO7P. The molecule has 1 atom stereocenters. The summed E-state index contributed by atoms with van der Waals surface area (Å²) in [6.45, 7) is 5.75. The van der Waals surface area contributed by atoms with Gasteiger partial charge in [-0.2, -0.15) is 0 Å². The predicted octanol–water partition coefficient (Wildman–Crippen LogP) is 2.65. The highest BCUT2D eigenvalue weighted by atomic mass is 127. The lowest BCUT2D eigenvalue weighted by Crippen LogP contribution is -2.46. The van der Waals surface area contributed by atoms with Gasteiger partial charge in [-0.25, -0.2) is 14.7 Å². The van der Waals surface area contributed by atoms with Gasteiger partial charge < -0.3 is 18.9 Å². The predicted molar refractivity (Wildman–Crippen MR) is 84.4 cm³/mol. The molecule has 0 aliphatic rings. The van der Waals surface area contributed by atoms with Gasteiger partial charge in [0.05, 0.1) is 6.10 Å². The smallest absolute Gasteiger partial charge is 0.431 e. The molecule has 0 aromatic heterocycles. The van der Waals surface area contributed by atoms with Crippen molar-refractivity contribution in [2.75, 3.05) is 20.3 Å². The van der Waals surface area contributed by atoms with E-state index in [-0.39, 0.29) is 12.5 Å². The molecule has 0 spiro atoms. The van der Waals surface area contributed by atoms with Gasteiger partial charge in [-0.15, -0.1) is 0 Å². The fourth-order valence-electron chi connectivity index (χ4n) is 1.20. The van der Waals surface area contributed by atoms with Crippen LogP contribution in [0.25, 0.3) is 0 Å². The van der Waals surface area contributed by atoms with Crippen molar-refractivity contribution in [3.8, 4) is 0 Å². The van der Waals surface area contributed by atoms with Crippen molar-refractivity contribution in [3.05, 3.63) is 0 Å². The van der Waals surface area contributed by atoms with Crippen LogP contribution in [-0.2, 0) is 28.3 Å². The first kappa shape index (κ1) is 20.6. The Morgan fingerprint density at radius 2 is 1.86 bits per heavy atom. The van der Waals surface area contributed by atoms with Crippen LogP contribution in [0.5, 0.6) is 0 Å². The van der Waals surface area contributed by atoms with Gasteiger partial charge in [-0.05, 0) is 27.7 Å². The average molecular weight is 437 g/mol. The quantitative estimate of drug-likeness (QED) is 0.268. The number of hydrogen-bond acceptors (Lipinski definition) is 7. The molecule has 0 aromatic carbocycles. The largest absolute Gasteiger partial charge is 0.511 e. The van der Waals surface area contributed by atoms with Gasteiger partial charge >= 0.3 is 12.1 Å². The van der Waals surface area contributed by atoms with Crippen LogP contribution in [0, 0.1) is 0 Å². The molecule has 0 saturated carbocycles. The van der Waals surface area contributed by atoms with Crippen molar-refractivity contribution in [2.24, 2.45) is 0 Å². The number of halogens is 1. The zero-order valence-corrected chi connectivity index (χ0v) is 15.7. The summed E-state index contributed by atoms with van der Waals surface area (Å²) in [6, 6.07) is 0. The topological polar surface area (TPSA) is 100 Å². The first-order valence-electron chi connectivity index (χ1n) is 6.08. The second-order valence-corrected chi connectivity index (χ2v) is 11.4. The molecule has 21 heavy (non-hydrogen) atoms. The minimum Gasteiger partial charge on any atom is -0.431 e. The summed E-state index contributed by atoms with van der Waals surface area (Å²) in [5, 5.41) is 2.67. The van der Waals surface area contributed by atoms with Gasteiger partial charge in [0, 0.05) is 29.2 Å². The summed E-state index contributed by atoms with van der Waals surface area (Å²) in [5.41, 5.74) is -1.22. The number of esters is 1. The van der Waals surface area contributed by atoms with E-state index < -0.39 is 29.4 Å². The molecule has 0 radical (unpaired) electrons. The van der Waals surface area contributed by atoms with Crippen molar-refractivity contribution in [2.45, 2.75) is 39.3 Å². The summed E-state index contributed by atoms with van der Waals surface area (Å²) in [7, 11) is 1.41. The molecule has 8 nitrogen and oxygen atoms in total. The maximum absolute atomic E-state index is 12.1. The van der Waals surface area contributed by atoms with E-state index in [1.54, 1.807) is 35.9 Å². The number of carbonyl (C=O) groups excluding carboxylic acids is 2. The lowest BCUT2D eigenvalue weighted by molar-refractivity contribution is -0.159. The molecule has 1 N–H and O–H groups in total. The highest BCUT2D eigenvalue weighted by Crippen LogP contribution is 2.51. The second kappa shape index (κ2) is 8.92. The Balaban J connectivity index is 4.31. The van der Waals surface area contributed by atoms with Crippen molar-refractivity contribution < 1.29 is 33.1 Å². The lowest BCUT2D eigenvalue weighted by Gasteiger charge is -2.26. The van der Waals surface area contributed by atoms with Gasteiger partial charge in [0.1, 0.15) is 11.9 Å². The fraction of sp³-hybridized carbons (Fsp3) is 0.818. The minimum atomic E-state index is -2.87. The standard InChI is InChI=1S/C11H21INO7P/c1-8(2)20-10(15)19-6-18-9(14)11(3,4)13-21(12,16)7-17-5/h8H,6-7H2,1-5H3,(H,13,16). The van der Waals surface area contributed by atoms with Crippen LogP contribution in [0.15, 0.2) is 0 Å². The van der Waals surface area contributed by atoms with Crippen LogP contribution in [0.3, 0.4) is 0 Å². The van der Waals surface area contributed by atoms with E-state index >= 15 is 0 Å². The van der Waals surface area contributed by atoms with Crippen molar-refractivity contribution in [1.29, 1.82) is 0 Å². The Morgan fingerprint density at radius 3 is 2.33 bits per heavy atom. The van der Waals surface area contributed by atoms with Crippen LogP contribution < -0.4 is 5.09 Å². The third-order valence-corrected chi connectivity index (χ3v) is 4.99. The molecular weight excluding hydrogens is 416 g/mol. The third-order valence-electron chi connectivity index (χ3n) is 1.95. The summed E-state index contributed by atoms with van der Waals surface area (Å²) in [4.78, 5) is 20.1. The van der Waals surface area contributed by atoms with E-state index in [1.165, 1.54) is 21.0 Å². The van der Waals surface area contributed by atoms with E-state index in [1.807, 2.05) is 0 Å². The Bertz CT molecular complexity index is 413. The van der Waals surface area contributed by atoms with Crippen LogP contribution in [0.2, 0.25) is 0 Å². The summed E-state index contributed by atoms with van der Waals surface area (Å²) in [6.07, 6.45) is -1.28. The van der Waals surface area contributed by atoms with Gasteiger partial charge in [-0.3, -0.25) is 4.57 Å². The summed E-state index contributed by atoms with van der Waals surface area (Å²) < 4.78 is 30.9. The van der Waals surface area contributed by atoms with Crippen LogP contribution >= 0.6 is 27.0 Å². The monoisotopic (exact) mass is 437 g/mol. The lowest BCUT2D eigenvalue weighted by atomic mass is 10.1. The molecule has 124 valence electrons. The Kier molecular flexibility index (Phi) is 8.76. The molecule has 10 heteroatoms. The number of ether oxygens (including phenoxy) is 4. The first-order chi connectivity index (χ1) is 9.50. The number of carbonyl (C=O) groups is 2. The summed E-state index contributed by atoms with van der Waals surface area (Å²) in [5.74, 6) is -0.715. The van der Waals surface area contributed by atoms with Crippen LogP contribution in [-0.4, -0.2) is 44.0 Å². The van der Waals surface area contributed by atoms with E-state index in [2.05, 4.69) is 9.82 Å². The molecule has 0 aromatic rings. The van der Waals surface area contributed by atoms with E-state index in [4.69, 9.17) is 14.2 Å². The molecule has 0 saturated heterocycles. The normalized spacial score (nSPS) is 14.4. The molecule has 1 unspecified atom stereocenters. The summed E-state index contributed by atoms with van der Waals surface area (Å²) >= 11 is 1.70. The van der Waals surface area contributed by atoms with E-state index in [9.17, 15) is 14.2 Å². The number of nitrogens with one attached hydrogen (secondary N) is 1. The van der Waals surface area contributed by atoms with Gasteiger partial charge in [0.2, 0.25) is 11.7 Å². The van der Waals surface area contributed by atoms with Gasteiger partial charge in [-0.1, -0.05) is 0 Å². The number of hydrogen-bond donors (Lipinski definition) is 1. The van der Waals surface area contributed by atoms with E-state index in [0.717, 1.165) is 0 Å². The molecule has 0 heterocycles. The zero-order valence-electron chi connectivity index (χ0n) is 12.7. The maximum atomic E-state index is 12.1. The van der Waals surface area contributed by atoms with Gasteiger partial charge in [0.25, 0.3) is 0 Å². The molecule has 0 amide bonds. The zero-order chi connectivity index (χ0) is 16.7. The Morgan fingerprint density at radius 1 is 1.29 bits per heavy atom. The molecule has 0 rings (SSSR count). The Hall–Kier alpha value is -0.380. The van der Waals surface area contributed by atoms with Crippen molar-refractivity contribution in [1.82, 2.24) is 5.09 Å². The molecule has 0 fully saturated rings. The van der Waals surface area contributed by atoms with Crippen LogP contribution in [0.4, 0.5) is 4.79 Å². The van der Waals surface area contributed by atoms with E-state index in [0.29, 0.717) is 0 Å². The molecule has 0 aliphatic carbocycles. The maximum Gasteiger partial charge on any atom is 0.511 e. The van der Waals surface area contributed by atoms with Crippen molar-refractivity contribution in [3.63, 3.8) is 0 Å². The van der Waals surface area contributed by atoms with Crippen LogP contribution in [0.1, 0.15) is 27.7 Å². The van der Waals surface area contributed by atoms with Gasteiger partial charge in [0.15, 0.2) is 0 Å². The highest BCUT2D eigenvalue weighted by molar-refractivity contribution is 14.2. The molecule has 0 aliphatic heterocycles. The average Bonchev–Trinajstić information content (AvgIpc) is 2.25. The first-order valence-corrected chi connectivity index (χ1v) is 10.8. The number of methoxy groups -OCH3 is 1. The third kappa shape index (κ3) is 9.28.